The maximum atomic E-state index is 13.1. The molecule has 1 aliphatic heterocycles. The van der Waals surface area contributed by atoms with Crippen LogP contribution >= 0.6 is 0 Å². The van der Waals surface area contributed by atoms with Crippen LogP contribution in [-0.4, -0.2) is 62.1 Å². The van der Waals surface area contributed by atoms with E-state index in [-0.39, 0.29) is 22.4 Å². The van der Waals surface area contributed by atoms with Gasteiger partial charge in [0, 0.05) is 42.0 Å². The van der Waals surface area contributed by atoms with Crippen LogP contribution in [-0.2, 0) is 10.0 Å². The van der Waals surface area contributed by atoms with Crippen molar-refractivity contribution >= 4 is 33.0 Å². The van der Waals surface area contributed by atoms with Crippen molar-refractivity contribution in [2.45, 2.75) is 50.6 Å². The molecule has 2 N–H and O–H groups in total. The van der Waals surface area contributed by atoms with Crippen LogP contribution in [0.25, 0.3) is 22.3 Å². The normalized spacial score (nSPS) is 18.4. The summed E-state index contributed by atoms with van der Waals surface area (Å²) in [5, 5.41) is 13.9. The highest BCUT2D eigenvalue weighted by Gasteiger charge is 2.41. The van der Waals surface area contributed by atoms with Gasteiger partial charge in [0.15, 0.2) is 5.65 Å². The van der Waals surface area contributed by atoms with E-state index < -0.39 is 16.1 Å². The molecule has 1 aliphatic rings. The van der Waals surface area contributed by atoms with Crippen molar-refractivity contribution in [3.05, 3.63) is 67.3 Å². The molecule has 10 nitrogen and oxygen atoms in total. The van der Waals surface area contributed by atoms with Crippen LogP contribution in [0.15, 0.2) is 72.1 Å². The van der Waals surface area contributed by atoms with Crippen molar-refractivity contribution < 1.29 is 18.3 Å². The lowest BCUT2D eigenvalue weighted by atomic mass is 9.77. The Balaban J connectivity index is 1.44. The van der Waals surface area contributed by atoms with E-state index in [1.807, 2.05) is 26.8 Å². The van der Waals surface area contributed by atoms with Gasteiger partial charge in [0.2, 0.25) is 0 Å². The Morgan fingerprint density at radius 3 is 2.55 bits per heavy atom. The molecular weight excluding hydrogens is 504 g/mol. The van der Waals surface area contributed by atoms with Crippen LogP contribution in [0.1, 0.15) is 33.6 Å². The highest BCUT2D eigenvalue weighted by atomic mass is 32.2. The van der Waals surface area contributed by atoms with Crippen molar-refractivity contribution in [3.8, 4) is 11.3 Å². The number of carboxylic acid groups (broad SMARTS) is 1. The number of fused-ring (bicyclic) bond motifs is 1. The van der Waals surface area contributed by atoms with Gasteiger partial charge in [-0.15, -0.1) is 0 Å². The minimum Gasteiger partial charge on any atom is -0.465 e. The van der Waals surface area contributed by atoms with Crippen LogP contribution in [0.3, 0.4) is 0 Å². The smallest absolute Gasteiger partial charge is 0.407 e. The van der Waals surface area contributed by atoms with E-state index in [0.717, 1.165) is 12.8 Å². The number of hydrogen-bond acceptors (Lipinski definition) is 7. The van der Waals surface area contributed by atoms with Gasteiger partial charge < -0.3 is 15.3 Å². The molecule has 3 aromatic heterocycles. The molecule has 4 aromatic rings. The molecule has 2 unspecified atom stereocenters. The fraction of sp³-hybridized carbons (Fsp3) is 0.333. The van der Waals surface area contributed by atoms with Crippen LogP contribution in [0.5, 0.6) is 0 Å². The predicted octanol–water partition coefficient (Wildman–Crippen LogP) is 4.70. The second-order valence-corrected chi connectivity index (χ2v) is 12.3. The van der Waals surface area contributed by atoms with Crippen LogP contribution < -0.4 is 5.32 Å². The van der Waals surface area contributed by atoms with E-state index in [4.69, 9.17) is 0 Å². The molecule has 1 aromatic carbocycles. The number of anilines is 1. The first-order chi connectivity index (χ1) is 18.1. The number of aromatic nitrogens is 4. The first-order valence-corrected chi connectivity index (χ1v) is 13.9. The van der Waals surface area contributed by atoms with Crippen molar-refractivity contribution in [1.29, 1.82) is 0 Å². The molecule has 1 amide bonds. The fourth-order valence-electron chi connectivity index (χ4n) is 5.26. The Kier molecular flexibility index (Phi) is 6.56. The monoisotopic (exact) mass is 534 g/mol. The number of rotatable bonds is 5. The summed E-state index contributed by atoms with van der Waals surface area (Å²) in [6, 6.07) is 13.3. The Labute approximate surface area is 221 Å². The average molecular weight is 535 g/mol. The summed E-state index contributed by atoms with van der Waals surface area (Å²) in [4.78, 5) is 26.9. The van der Waals surface area contributed by atoms with Gasteiger partial charge in [-0.2, -0.15) is 0 Å². The summed E-state index contributed by atoms with van der Waals surface area (Å²) in [5.74, 6) is 0.589. The van der Waals surface area contributed by atoms with E-state index in [1.54, 1.807) is 48.7 Å². The fourth-order valence-corrected chi connectivity index (χ4v) is 6.59. The number of pyridine rings is 1. The molecule has 1 saturated heterocycles. The lowest BCUT2D eigenvalue weighted by Crippen LogP contribution is -2.58. The van der Waals surface area contributed by atoms with E-state index in [1.165, 1.54) is 21.4 Å². The van der Waals surface area contributed by atoms with E-state index >= 15 is 0 Å². The summed E-state index contributed by atoms with van der Waals surface area (Å²) in [5.41, 5.74) is 1.39. The average Bonchev–Trinajstić information content (AvgIpc) is 3.33. The van der Waals surface area contributed by atoms with Crippen LogP contribution in [0.4, 0.5) is 10.6 Å². The molecule has 5 rings (SSSR count). The molecule has 0 radical (unpaired) electrons. The number of piperidine rings is 1. The number of nitrogens with one attached hydrogen (secondary N) is 1. The molecule has 0 aliphatic carbocycles. The molecule has 0 saturated carbocycles. The summed E-state index contributed by atoms with van der Waals surface area (Å²) in [7, 11) is -3.78. The van der Waals surface area contributed by atoms with Gasteiger partial charge in [-0.3, -0.25) is 0 Å². The van der Waals surface area contributed by atoms with Gasteiger partial charge in [-0.05, 0) is 42.5 Å². The second-order valence-electron chi connectivity index (χ2n) is 10.5. The lowest BCUT2D eigenvalue weighted by Gasteiger charge is -2.47. The quantitative estimate of drug-likeness (QED) is 0.377. The third-order valence-electron chi connectivity index (χ3n) is 6.85. The van der Waals surface area contributed by atoms with Gasteiger partial charge in [-0.1, -0.05) is 39.0 Å². The van der Waals surface area contributed by atoms with Gasteiger partial charge in [0.05, 0.1) is 16.6 Å². The molecule has 0 bridgehead atoms. The summed E-state index contributed by atoms with van der Waals surface area (Å²) in [6.45, 7) is 6.65. The Bertz CT molecular complexity index is 1580. The number of hydrogen-bond donors (Lipinski definition) is 2. The van der Waals surface area contributed by atoms with Crippen molar-refractivity contribution in [2.24, 2.45) is 5.41 Å². The predicted molar refractivity (Wildman–Crippen MR) is 144 cm³/mol. The van der Waals surface area contributed by atoms with E-state index in [2.05, 4.69) is 20.3 Å². The Morgan fingerprint density at radius 2 is 1.84 bits per heavy atom. The third kappa shape index (κ3) is 4.81. The zero-order valence-corrected chi connectivity index (χ0v) is 22.3. The topological polar surface area (TPSA) is 130 Å². The summed E-state index contributed by atoms with van der Waals surface area (Å²) < 4.78 is 27.4. The maximum Gasteiger partial charge on any atom is 0.407 e. The van der Waals surface area contributed by atoms with Crippen molar-refractivity contribution in [2.75, 3.05) is 11.9 Å². The highest BCUT2D eigenvalue weighted by molar-refractivity contribution is 7.90. The van der Waals surface area contributed by atoms with Gasteiger partial charge in [0.25, 0.3) is 10.0 Å². The first-order valence-electron chi connectivity index (χ1n) is 12.4. The molecule has 0 spiro atoms. The maximum absolute atomic E-state index is 13.1. The molecule has 2 atom stereocenters. The van der Waals surface area contributed by atoms with Gasteiger partial charge in [-0.25, -0.2) is 32.1 Å². The minimum atomic E-state index is -3.78. The number of likely N-dealkylation sites (tertiary alicyclic amines) is 1. The van der Waals surface area contributed by atoms with Gasteiger partial charge in [0.1, 0.15) is 12.1 Å². The van der Waals surface area contributed by atoms with E-state index in [9.17, 15) is 18.3 Å². The molecule has 198 valence electrons. The van der Waals surface area contributed by atoms with E-state index in [0.29, 0.717) is 34.7 Å². The number of nitrogens with zero attached hydrogens (tertiary/aromatic N) is 5. The molecule has 4 heterocycles. The van der Waals surface area contributed by atoms with Crippen molar-refractivity contribution in [1.82, 2.24) is 23.8 Å². The molecule has 38 heavy (non-hydrogen) atoms. The molecular formula is C27H30N6O4S. The zero-order chi connectivity index (χ0) is 27.1. The van der Waals surface area contributed by atoms with Crippen LogP contribution in [0, 0.1) is 5.41 Å². The first kappa shape index (κ1) is 25.7. The second kappa shape index (κ2) is 9.71. The van der Waals surface area contributed by atoms with Crippen molar-refractivity contribution in [3.63, 3.8) is 0 Å². The SMILES string of the molecule is CC(C)(C)C1C(Nc2cc(-c3cnc4c(ccn4S(=O)(=O)c4ccccc4)c3)ncn2)CCCN1C(=O)O. The Hall–Kier alpha value is -3.99. The van der Waals surface area contributed by atoms with Gasteiger partial charge >= 0.3 is 6.09 Å². The number of benzene rings is 1. The third-order valence-corrected chi connectivity index (χ3v) is 8.53. The van der Waals surface area contributed by atoms with Crippen LogP contribution in [0.2, 0.25) is 0 Å². The Morgan fingerprint density at radius 1 is 1.08 bits per heavy atom. The molecule has 1 fully saturated rings. The minimum absolute atomic E-state index is 0.111. The number of amides is 1. The summed E-state index contributed by atoms with van der Waals surface area (Å²) >= 11 is 0. The number of carbonyl (C=O) groups is 1. The summed E-state index contributed by atoms with van der Waals surface area (Å²) in [6.07, 6.45) is 5.22. The highest BCUT2D eigenvalue weighted by Crippen LogP contribution is 2.34. The largest absolute Gasteiger partial charge is 0.465 e. The molecule has 11 heteroatoms. The zero-order valence-electron chi connectivity index (χ0n) is 21.4. The lowest BCUT2D eigenvalue weighted by molar-refractivity contribution is 0.0518. The standard InChI is InChI=1S/C27H30N6O4S/c1-27(2,3)24-21(10-7-12-32(24)26(34)35)31-23-15-22(29-17-30-23)19-14-18-11-13-33(25(18)28-16-19)38(36,37)20-8-5-4-6-9-20/h4-6,8-9,11,13-17,21,24H,7,10,12H2,1-3H3,(H,34,35)(H,29,30,31).